The van der Waals surface area contributed by atoms with Gasteiger partial charge in [-0.15, -0.1) is 0 Å². The molecular weight excluding hydrogens is 172 g/mol. The van der Waals surface area contributed by atoms with Crippen molar-refractivity contribution in [3.63, 3.8) is 0 Å². The van der Waals surface area contributed by atoms with E-state index in [4.69, 9.17) is 5.73 Å². The Morgan fingerprint density at radius 3 is 2.29 bits per heavy atom. The van der Waals surface area contributed by atoms with Crippen LogP contribution in [0.1, 0.15) is 52.9 Å². The normalized spacial score (nSPS) is 21.4. The van der Waals surface area contributed by atoms with Gasteiger partial charge in [0, 0.05) is 18.6 Å². The highest BCUT2D eigenvalue weighted by molar-refractivity contribution is 4.86. The summed E-state index contributed by atoms with van der Waals surface area (Å²) in [6, 6.07) is 0. The van der Waals surface area contributed by atoms with E-state index in [0.29, 0.717) is 5.41 Å². The van der Waals surface area contributed by atoms with Crippen molar-refractivity contribution < 1.29 is 0 Å². The van der Waals surface area contributed by atoms with E-state index in [0.717, 1.165) is 13.1 Å². The second-order valence-electron chi connectivity index (χ2n) is 5.65. The summed E-state index contributed by atoms with van der Waals surface area (Å²) >= 11 is 0. The van der Waals surface area contributed by atoms with Crippen LogP contribution < -0.4 is 11.1 Å². The van der Waals surface area contributed by atoms with Crippen LogP contribution in [0, 0.1) is 5.41 Å². The summed E-state index contributed by atoms with van der Waals surface area (Å²) in [5.41, 5.74) is 6.45. The molecule has 3 N–H and O–H groups in total. The predicted molar refractivity (Wildman–Crippen MR) is 62.3 cm³/mol. The van der Waals surface area contributed by atoms with Crippen molar-refractivity contribution in [1.29, 1.82) is 0 Å². The van der Waals surface area contributed by atoms with Gasteiger partial charge in [0.2, 0.25) is 0 Å². The summed E-state index contributed by atoms with van der Waals surface area (Å²) < 4.78 is 0. The molecule has 1 aliphatic carbocycles. The number of nitrogens with two attached hydrogens (primary N) is 1. The zero-order valence-electron chi connectivity index (χ0n) is 10.0. The summed E-state index contributed by atoms with van der Waals surface area (Å²) in [5.74, 6) is 0. The van der Waals surface area contributed by atoms with E-state index < -0.39 is 0 Å². The largest absolute Gasteiger partial charge is 0.324 e. The maximum atomic E-state index is 5.94. The van der Waals surface area contributed by atoms with Gasteiger partial charge in [-0.2, -0.15) is 0 Å². The predicted octanol–water partition coefficient (Wildman–Crippen LogP) is 2.28. The molecule has 0 amide bonds. The van der Waals surface area contributed by atoms with Gasteiger partial charge in [0.1, 0.15) is 0 Å². The lowest BCUT2D eigenvalue weighted by Gasteiger charge is -2.30. The summed E-state index contributed by atoms with van der Waals surface area (Å²) in [6.07, 6.45) is 6.96. The summed E-state index contributed by atoms with van der Waals surface area (Å²) in [4.78, 5) is 0. The van der Waals surface area contributed by atoms with Crippen molar-refractivity contribution >= 4 is 0 Å². The fourth-order valence-corrected chi connectivity index (χ4v) is 2.43. The number of nitrogens with one attached hydrogen (secondary N) is 1. The van der Waals surface area contributed by atoms with Crippen LogP contribution in [0.4, 0.5) is 0 Å². The smallest absolute Gasteiger partial charge is 0.0223 e. The number of rotatable bonds is 5. The SMILES string of the molecule is CCC1(CNCC(C)(C)N)CCCC1. The van der Waals surface area contributed by atoms with Crippen LogP contribution >= 0.6 is 0 Å². The highest BCUT2D eigenvalue weighted by Crippen LogP contribution is 2.40. The fourth-order valence-electron chi connectivity index (χ4n) is 2.43. The van der Waals surface area contributed by atoms with Gasteiger partial charge in [0.05, 0.1) is 0 Å². The first-order chi connectivity index (χ1) is 6.47. The molecule has 0 aliphatic heterocycles. The Morgan fingerprint density at radius 1 is 1.29 bits per heavy atom. The standard InChI is InChI=1S/C12H26N2/c1-4-12(7-5-6-8-12)10-14-9-11(2,3)13/h14H,4-10,13H2,1-3H3. The molecule has 0 aromatic carbocycles. The molecule has 0 atom stereocenters. The van der Waals surface area contributed by atoms with Gasteiger partial charge in [0.25, 0.3) is 0 Å². The Morgan fingerprint density at radius 2 is 1.86 bits per heavy atom. The third kappa shape index (κ3) is 3.58. The van der Waals surface area contributed by atoms with Gasteiger partial charge in [-0.05, 0) is 38.5 Å². The third-order valence-corrected chi connectivity index (χ3v) is 3.49. The van der Waals surface area contributed by atoms with Crippen LogP contribution in [0.3, 0.4) is 0 Å². The Kier molecular flexibility index (Phi) is 3.96. The van der Waals surface area contributed by atoms with Crippen molar-refractivity contribution in [3.8, 4) is 0 Å². The van der Waals surface area contributed by atoms with E-state index in [-0.39, 0.29) is 5.54 Å². The molecule has 0 spiro atoms. The molecule has 1 aliphatic rings. The second kappa shape index (κ2) is 4.63. The number of hydrogen-bond donors (Lipinski definition) is 2. The quantitative estimate of drug-likeness (QED) is 0.711. The molecule has 0 unspecified atom stereocenters. The molecule has 14 heavy (non-hydrogen) atoms. The Hall–Kier alpha value is -0.0800. The minimum Gasteiger partial charge on any atom is -0.324 e. The van der Waals surface area contributed by atoms with E-state index >= 15 is 0 Å². The highest BCUT2D eigenvalue weighted by atomic mass is 14.9. The molecule has 1 fully saturated rings. The molecule has 0 saturated heterocycles. The lowest BCUT2D eigenvalue weighted by atomic mass is 9.83. The van der Waals surface area contributed by atoms with Crippen molar-refractivity contribution in [2.45, 2.75) is 58.4 Å². The monoisotopic (exact) mass is 198 g/mol. The first-order valence-corrected chi connectivity index (χ1v) is 5.97. The molecule has 0 bridgehead atoms. The molecule has 2 heteroatoms. The van der Waals surface area contributed by atoms with Crippen molar-refractivity contribution in [2.24, 2.45) is 11.1 Å². The zero-order chi connectivity index (χ0) is 10.7. The Balaban J connectivity index is 2.28. The topological polar surface area (TPSA) is 38.0 Å². The Bertz CT molecular complexity index is 164. The van der Waals surface area contributed by atoms with E-state index in [2.05, 4.69) is 26.1 Å². The molecule has 0 radical (unpaired) electrons. The molecule has 1 saturated carbocycles. The van der Waals surface area contributed by atoms with Crippen LogP contribution in [0.2, 0.25) is 0 Å². The van der Waals surface area contributed by atoms with Crippen molar-refractivity contribution in [2.75, 3.05) is 13.1 Å². The number of hydrogen-bond acceptors (Lipinski definition) is 2. The molecule has 1 rings (SSSR count). The lowest BCUT2D eigenvalue weighted by Crippen LogP contribution is -2.45. The molecule has 0 heterocycles. The highest BCUT2D eigenvalue weighted by Gasteiger charge is 2.31. The van der Waals surface area contributed by atoms with Gasteiger partial charge in [-0.3, -0.25) is 0 Å². The molecule has 84 valence electrons. The van der Waals surface area contributed by atoms with Crippen LogP contribution in [0.15, 0.2) is 0 Å². The minimum atomic E-state index is -0.0759. The first-order valence-electron chi connectivity index (χ1n) is 5.97. The summed E-state index contributed by atoms with van der Waals surface area (Å²) in [6.45, 7) is 8.56. The van der Waals surface area contributed by atoms with Crippen molar-refractivity contribution in [1.82, 2.24) is 5.32 Å². The summed E-state index contributed by atoms with van der Waals surface area (Å²) in [7, 11) is 0. The molecular formula is C12H26N2. The van der Waals surface area contributed by atoms with Crippen LogP contribution in [-0.4, -0.2) is 18.6 Å². The molecule has 0 aromatic rings. The van der Waals surface area contributed by atoms with Gasteiger partial charge >= 0.3 is 0 Å². The van der Waals surface area contributed by atoms with E-state index in [1.807, 2.05) is 0 Å². The maximum absolute atomic E-state index is 5.94. The zero-order valence-corrected chi connectivity index (χ0v) is 10.0. The summed E-state index contributed by atoms with van der Waals surface area (Å²) in [5, 5.41) is 3.53. The van der Waals surface area contributed by atoms with Crippen LogP contribution in [0.5, 0.6) is 0 Å². The van der Waals surface area contributed by atoms with Gasteiger partial charge in [-0.1, -0.05) is 19.8 Å². The average Bonchev–Trinajstić information content (AvgIpc) is 2.52. The van der Waals surface area contributed by atoms with Crippen LogP contribution in [0.25, 0.3) is 0 Å². The fraction of sp³-hybridized carbons (Fsp3) is 1.00. The van der Waals surface area contributed by atoms with E-state index in [1.54, 1.807) is 0 Å². The van der Waals surface area contributed by atoms with Gasteiger partial charge < -0.3 is 11.1 Å². The van der Waals surface area contributed by atoms with E-state index in [9.17, 15) is 0 Å². The van der Waals surface area contributed by atoms with Gasteiger partial charge in [-0.25, -0.2) is 0 Å². The maximum Gasteiger partial charge on any atom is 0.0223 e. The minimum absolute atomic E-state index is 0.0759. The Labute approximate surface area is 88.6 Å². The third-order valence-electron chi connectivity index (χ3n) is 3.49. The van der Waals surface area contributed by atoms with Crippen LogP contribution in [-0.2, 0) is 0 Å². The average molecular weight is 198 g/mol. The second-order valence-corrected chi connectivity index (χ2v) is 5.65. The lowest BCUT2D eigenvalue weighted by molar-refractivity contribution is 0.260. The molecule has 0 aromatic heterocycles. The molecule has 2 nitrogen and oxygen atoms in total. The van der Waals surface area contributed by atoms with E-state index in [1.165, 1.54) is 32.1 Å². The van der Waals surface area contributed by atoms with Crippen molar-refractivity contribution in [3.05, 3.63) is 0 Å². The first kappa shape index (κ1) is 12.0. The van der Waals surface area contributed by atoms with Gasteiger partial charge in [0.15, 0.2) is 0 Å².